The van der Waals surface area contributed by atoms with Crippen LogP contribution in [0.4, 0.5) is 5.82 Å². The predicted octanol–water partition coefficient (Wildman–Crippen LogP) is 1.02. The average molecular weight is 212 g/mol. The molecule has 5 nitrogen and oxygen atoms in total. The molecule has 0 atom stereocenters. The molecular weight excluding hydrogens is 202 g/mol. The van der Waals surface area contributed by atoms with Crippen LogP contribution in [0.1, 0.15) is 12.8 Å². The van der Waals surface area contributed by atoms with Gasteiger partial charge in [0.1, 0.15) is 0 Å². The number of hydrogen-bond acceptors (Lipinski definition) is 3. The van der Waals surface area contributed by atoms with Crippen LogP contribution in [0.5, 0.6) is 0 Å². The highest BCUT2D eigenvalue weighted by Crippen LogP contribution is 2.23. The highest BCUT2D eigenvalue weighted by molar-refractivity contribution is 6.29. The first kappa shape index (κ1) is 9.21. The van der Waals surface area contributed by atoms with Crippen molar-refractivity contribution in [3.8, 4) is 0 Å². The lowest BCUT2D eigenvalue weighted by molar-refractivity contribution is 1.03. The molecule has 1 aromatic rings. The third kappa shape index (κ3) is 2.56. The van der Waals surface area contributed by atoms with Crippen LogP contribution in [0.3, 0.4) is 0 Å². The first-order chi connectivity index (χ1) is 6.74. The Labute approximate surface area is 86.4 Å². The summed E-state index contributed by atoms with van der Waals surface area (Å²) in [6, 6.07) is 3.73. The topological polar surface area (TPSA) is 76.2 Å². The zero-order valence-electron chi connectivity index (χ0n) is 7.44. The molecule has 0 spiro atoms. The zero-order valence-corrected chi connectivity index (χ0v) is 8.20. The molecule has 1 heterocycles. The molecule has 2 rings (SSSR count). The van der Waals surface area contributed by atoms with Crippen LogP contribution < -0.4 is 11.1 Å². The van der Waals surface area contributed by atoms with E-state index in [2.05, 4.69) is 20.5 Å². The second-order valence-corrected chi connectivity index (χ2v) is 3.50. The van der Waals surface area contributed by atoms with Gasteiger partial charge in [0.15, 0.2) is 16.9 Å². The lowest BCUT2D eigenvalue weighted by Crippen LogP contribution is -2.23. The van der Waals surface area contributed by atoms with Gasteiger partial charge in [-0.25, -0.2) is 4.99 Å². The SMILES string of the molecule is NC(=NC1CC1)Nc1ccc(Cl)nn1. The summed E-state index contributed by atoms with van der Waals surface area (Å²) in [5.74, 6) is 0.931. The smallest absolute Gasteiger partial charge is 0.194 e. The van der Waals surface area contributed by atoms with Gasteiger partial charge in [-0.3, -0.25) is 0 Å². The summed E-state index contributed by atoms with van der Waals surface area (Å²) in [4.78, 5) is 4.19. The van der Waals surface area contributed by atoms with Gasteiger partial charge in [0.2, 0.25) is 0 Å². The Bertz CT molecular complexity index is 343. The molecule has 1 aliphatic carbocycles. The van der Waals surface area contributed by atoms with Crippen molar-refractivity contribution in [3.63, 3.8) is 0 Å². The normalized spacial score (nSPS) is 16.8. The van der Waals surface area contributed by atoms with E-state index < -0.39 is 0 Å². The molecule has 1 aromatic heterocycles. The van der Waals surface area contributed by atoms with Gasteiger partial charge >= 0.3 is 0 Å². The Hall–Kier alpha value is -1.36. The number of nitrogens with zero attached hydrogens (tertiary/aromatic N) is 3. The number of aromatic nitrogens is 2. The van der Waals surface area contributed by atoms with Gasteiger partial charge in [0.25, 0.3) is 0 Å². The van der Waals surface area contributed by atoms with Crippen molar-refractivity contribution in [2.45, 2.75) is 18.9 Å². The molecule has 6 heteroatoms. The Kier molecular flexibility index (Phi) is 2.49. The number of nitrogens with one attached hydrogen (secondary N) is 1. The molecule has 1 aliphatic rings. The highest BCUT2D eigenvalue weighted by atomic mass is 35.5. The van der Waals surface area contributed by atoms with Gasteiger partial charge in [0, 0.05) is 0 Å². The van der Waals surface area contributed by atoms with Gasteiger partial charge in [-0.15, -0.1) is 10.2 Å². The van der Waals surface area contributed by atoms with E-state index in [1.54, 1.807) is 12.1 Å². The van der Waals surface area contributed by atoms with E-state index in [1.165, 1.54) is 0 Å². The molecule has 14 heavy (non-hydrogen) atoms. The van der Waals surface area contributed by atoms with Crippen LogP contribution >= 0.6 is 11.6 Å². The molecule has 0 bridgehead atoms. The van der Waals surface area contributed by atoms with Crippen molar-refractivity contribution in [1.29, 1.82) is 0 Å². The van der Waals surface area contributed by atoms with Crippen LogP contribution in [0.2, 0.25) is 5.15 Å². The summed E-state index contributed by atoms with van der Waals surface area (Å²) >= 11 is 5.58. The minimum atomic E-state index is 0.355. The first-order valence-corrected chi connectivity index (χ1v) is 4.71. The van der Waals surface area contributed by atoms with Crippen molar-refractivity contribution in [1.82, 2.24) is 10.2 Å². The third-order valence-corrected chi connectivity index (χ3v) is 1.96. The minimum absolute atomic E-state index is 0.355. The summed E-state index contributed by atoms with van der Waals surface area (Å²) in [6.45, 7) is 0. The molecule has 74 valence electrons. The average Bonchev–Trinajstić information content (AvgIpc) is 2.93. The predicted molar refractivity (Wildman–Crippen MR) is 55.3 cm³/mol. The number of aliphatic imine (C=N–C) groups is 1. The quantitative estimate of drug-likeness (QED) is 0.566. The van der Waals surface area contributed by atoms with E-state index >= 15 is 0 Å². The minimum Gasteiger partial charge on any atom is -0.370 e. The Balaban J connectivity index is 1.99. The molecule has 0 aromatic carbocycles. The number of guanidine groups is 1. The van der Waals surface area contributed by atoms with Gasteiger partial charge in [0.05, 0.1) is 6.04 Å². The summed E-state index contributed by atoms with van der Waals surface area (Å²) in [5, 5.41) is 10.7. The molecule has 1 saturated carbocycles. The van der Waals surface area contributed by atoms with Crippen LogP contribution in [0.15, 0.2) is 17.1 Å². The van der Waals surface area contributed by atoms with E-state index in [9.17, 15) is 0 Å². The number of nitrogens with two attached hydrogens (primary N) is 1. The second-order valence-electron chi connectivity index (χ2n) is 3.11. The zero-order chi connectivity index (χ0) is 9.97. The van der Waals surface area contributed by atoms with Crippen LogP contribution in [0, 0.1) is 0 Å². The van der Waals surface area contributed by atoms with E-state index in [0.717, 1.165) is 12.8 Å². The fourth-order valence-electron chi connectivity index (χ4n) is 0.946. The first-order valence-electron chi connectivity index (χ1n) is 4.33. The molecule has 0 saturated heterocycles. The summed E-state index contributed by atoms with van der Waals surface area (Å²) in [5.41, 5.74) is 5.62. The molecule has 0 unspecified atom stereocenters. The highest BCUT2D eigenvalue weighted by Gasteiger charge is 2.20. The lowest BCUT2D eigenvalue weighted by atomic mass is 10.5. The molecular formula is C8H10ClN5. The fourth-order valence-corrected chi connectivity index (χ4v) is 1.05. The van der Waals surface area contributed by atoms with E-state index in [1.807, 2.05) is 0 Å². The van der Waals surface area contributed by atoms with Crippen LogP contribution in [-0.2, 0) is 0 Å². The Morgan fingerprint density at radius 1 is 1.50 bits per heavy atom. The summed E-state index contributed by atoms with van der Waals surface area (Å²) < 4.78 is 0. The second kappa shape index (κ2) is 3.79. The molecule has 1 fully saturated rings. The standard InChI is InChI=1S/C8H10ClN5/c9-6-3-4-7(14-13-6)12-8(10)11-5-1-2-5/h3-5H,1-2H2,(H3,10,11,12,14). The fraction of sp³-hybridized carbons (Fsp3) is 0.375. The van der Waals surface area contributed by atoms with E-state index in [4.69, 9.17) is 17.3 Å². The largest absolute Gasteiger partial charge is 0.370 e. The molecule has 3 N–H and O–H groups in total. The van der Waals surface area contributed by atoms with Crippen molar-refractivity contribution < 1.29 is 0 Å². The maximum Gasteiger partial charge on any atom is 0.194 e. The van der Waals surface area contributed by atoms with Gasteiger partial charge in [-0.2, -0.15) is 0 Å². The lowest BCUT2D eigenvalue weighted by Gasteiger charge is -2.02. The van der Waals surface area contributed by atoms with Crippen molar-refractivity contribution in [2.24, 2.45) is 10.7 Å². The molecule has 0 radical (unpaired) electrons. The van der Waals surface area contributed by atoms with Crippen molar-refractivity contribution in [3.05, 3.63) is 17.3 Å². The monoisotopic (exact) mass is 211 g/mol. The van der Waals surface area contributed by atoms with E-state index in [0.29, 0.717) is 23.0 Å². The van der Waals surface area contributed by atoms with E-state index in [-0.39, 0.29) is 0 Å². The number of hydrogen-bond donors (Lipinski definition) is 2. The maximum atomic E-state index is 5.62. The van der Waals surface area contributed by atoms with Gasteiger partial charge in [-0.1, -0.05) is 11.6 Å². The number of anilines is 1. The summed E-state index contributed by atoms with van der Waals surface area (Å²) in [7, 11) is 0. The van der Waals surface area contributed by atoms with Gasteiger partial charge < -0.3 is 11.1 Å². The Morgan fingerprint density at radius 2 is 2.29 bits per heavy atom. The summed E-state index contributed by atoms with van der Waals surface area (Å²) in [6.07, 6.45) is 2.24. The number of rotatable bonds is 2. The van der Waals surface area contributed by atoms with Crippen molar-refractivity contribution >= 4 is 23.4 Å². The third-order valence-electron chi connectivity index (χ3n) is 1.76. The van der Waals surface area contributed by atoms with Crippen LogP contribution in [0.25, 0.3) is 0 Å². The maximum absolute atomic E-state index is 5.62. The Morgan fingerprint density at radius 3 is 2.86 bits per heavy atom. The molecule has 0 aliphatic heterocycles. The molecule has 0 amide bonds. The van der Waals surface area contributed by atoms with Crippen LogP contribution in [-0.4, -0.2) is 22.2 Å². The van der Waals surface area contributed by atoms with Gasteiger partial charge in [-0.05, 0) is 25.0 Å². The van der Waals surface area contributed by atoms with Crippen molar-refractivity contribution in [2.75, 3.05) is 5.32 Å². The number of halogens is 1.